The lowest BCUT2D eigenvalue weighted by atomic mass is 9.99. The molecule has 0 unspecified atom stereocenters. The third kappa shape index (κ3) is 2.70. The van der Waals surface area contributed by atoms with Gasteiger partial charge in [0, 0.05) is 35.7 Å². The van der Waals surface area contributed by atoms with E-state index < -0.39 is 0 Å². The topological polar surface area (TPSA) is 83.5 Å². The molecule has 30 heavy (non-hydrogen) atoms. The molecule has 0 saturated carbocycles. The summed E-state index contributed by atoms with van der Waals surface area (Å²) in [5.41, 5.74) is 4.56. The zero-order valence-electron chi connectivity index (χ0n) is 16.7. The first kappa shape index (κ1) is 18.2. The van der Waals surface area contributed by atoms with E-state index in [1.165, 1.54) is 13.2 Å². The second-order valence-corrected chi connectivity index (χ2v) is 6.88. The smallest absolute Gasteiger partial charge is 0.223 e. The van der Waals surface area contributed by atoms with E-state index in [2.05, 4.69) is 25.3 Å². The van der Waals surface area contributed by atoms with Gasteiger partial charge in [0.15, 0.2) is 11.3 Å². The van der Waals surface area contributed by atoms with Gasteiger partial charge < -0.3 is 9.30 Å². The molecule has 0 aliphatic heterocycles. The lowest BCUT2D eigenvalue weighted by molar-refractivity contribution is 0.400. The highest BCUT2D eigenvalue weighted by Gasteiger charge is 2.18. The first-order chi connectivity index (χ1) is 14.6. The van der Waals surface area contributed by atoms with Crippen LogP contribution in [0.2, 0.25) is 0 Å². The van der Waals surface area contributed by atoms with Gasteiger partial charge in [0.05, 0.1) is 25.8 Å². The largest absolute Gasteiger partial charge is 0.480 e. The minimum atomic E-state index is -0.376. The van der Waals surface area contributed by atoms with Gasteiger partial charge in [-0.2, -0.15) is 15.2 Å². The number of ether oxygens (including phenoxy) is 1. The lowest BCUT2D eigenvalue weighted by Crippen LogP contribution is -1.98. The van der Waals surface area contributed by atoms with Gasteiger partial charge >= 0.3 is 0 Å². The predicted octanol–water partition coefficient (Wildman–Crippen LogP) is 3.61. The Hall–Kier alpha value is -3.88. The first-order valence-corrected chi connectivity index (χ1v) is 9.44. The Balaban J connectivity index is 1.72. The van der Waals surface area contributed by atoms with Gasteiger partial charge in [-0.3, -0.25) is 4.68 Å². The summed E-state index contributed by atoms with van der Waals surface area (Å²) in [5, 5.41) is 13.3. The van der Waals surface area contributed by atoms with Gasteiger partial charge in [0.2, 0.25) is 5.88 Å². The summed E-state index contributed by atoms with van der Waals surface area (Å²) in [6.07, 6.45) is 5.07. The van der Waals surface area contributed by atoms with E-state index >= 15 is 0 Å². The Bertz CT molecular complexity index is 1410. The van der Waals surface area contributed by atoms with E-state index in [0.29, 0.717) is 28.3 Å². The fraction of sp³-hybridized carbons (Fsp3) is 0.190. The molecule has 150 valence electrons. The number of nitrogens with zero attached hydrogens (tertiary/aromatic N) is 7. The van der Waals surface area contributed by atoms with Gasteiger partial charge in [-0.25, -0.2) is 9.37 Å². The van der Waals surface area contributed by atoms with Crippen molar-refractivity contribution < 1.29 is 9.13 Å². The van der Waals surface area contributed by atoms with Crippen LogP contribution in [-0.2, 0) is 13.6 Å². The van der Waals surface area contributed by atoms with Crippen LogP contribution in [0.3, 0.4) is 0 Å². The Labute approximate surface area is 171 Å². The summed E-state index contributed by atoms with van der Waals surface area (Å²) < 4.78 is 23.9. The molecular formula is C21H18FN7O. The SMILES string of the molecule is CCn1cnc2c(-c3ccc(F)c(-c4cc5cnn(C)c5nc4OC)c3)cnnc21. The number of benzene rings is 1. The van der Waals surface area contributed by atoms with E-state index in [9.17, 15) is 4.39 Å². The summed E-state index contributed by atoms with van der Waals surface area (Å²) in [5.74, 6) is -0.0464. The molecule has 4 aromatic heterocycles. The van der Waals surface area contributed by atoms with Crippen LogP contribution in [0.5, 0.6) is 5.88 Å². The van der Waals surface area contributed by atoms with E-state index in [4.69, 9.17) is 4.74 Å². The minimum Gasteiger partial charge on any atom is -0.480 e. The number of fused-ring (bicyclic) bond motifs is 2. The average molecular weight is 403 g/mol. The van der Waals surface area contributed by atoms with Gasteiger partial charge in [-0.05, 0) is 30.7 Å². The van der Waals surface area contributed by atoms with E-state index in [-0.39, 0.29) is 5.82 Å². The molecule has 0 spiro atoms. The van der Waals surface area contributed by atoms with Crippen molar-refractivity contribution in [2.24, 2.45) is 7.05 Å². The molecule has 0 bridgehead atoms. The third-order valence-corrected chi connectivity index (χ3v) is 5.18. The summed E-state index contributed by atoms with van der Waals surface area (Å²) in [6, 6.07) is 6.74. The van der Waals surface area contributed by atoms with E-state index in [1.54, 1.807) is 42.6 Å². The first-order valence-electron chi connectivity index (χ1n) is 9.44. The van der Waals surface area contributed by atoms with Crippen molar-refractivity contribution in [3.05, 3.63) is 48.8 Å². The number of hydrogen-bond donors (Lipinski definition) is 0. The van der Waals surface area contributed by atoms with Crippen LogP contribution >= 0.6 is 0 Å². The van der Waals surface area contributed by atoms with Gasteiger partial charge in [-0.1, -0.05) is 6.07 Å². The second kappa shape index (κ2) is 6.87. The van der Waals surface area contributed by atoms with Crippen molar-refractivity contribution >= 4 is 22.2 Å². The summed E-state index contributed by atoms with van der Waals surface area (Å²) in [4.78, 5) is 9.00. The van der Waals surface area contributed by atoms with Crippen molar-refractivity contribution in [2.45, 2.75) is 13.5 Å². The number of aryl methyl sites for hydroxylation is 2. The zero-order valence-corrected chi connectivity index (χ0v) is 16.7. The Kier molecular flexibility index (Phi) is 4.16. The summed E-state index contributed by atoms with van der Waals surface area (Å²) >= 11 is 0. The molecular weight excluding hydrogens is 385 g/mol. The lowest BCUT2D eigenvalue weighted by Gasteiger charge is -2.11. The number of hydrogen-bond acceptors (Lipinski definition) is 6. The molecule has 9 heteroatoms. The molecule has 4 heterocycles. The monoisotopic (exact) mass is 403 g/mol. The van der Waals surface area contributed by atoms with Crippen LogP contribution in [0, 0.1) is 5.82 Å². The maximum atomic E-state index is 14.9. The van der Waals surface area contributed by atoms with Crippen molar-refractivity contribution in [2.75, 3.05) is 7.11 Å². The van der Waals surface area contributed by atoms with Crippen molar-refractivity contribution in [1.29, 1.82) is 0 Å². The summed E-state index contributed by atoms with van der Waals surface area (Å²) in [7, 11) is 3.32. The highest BCUT2D eigenvalue weighted by Crippen LogP contribution is 2.36. The zero-order chi connectivity index (χ0) is 20.8. The van der Waals surface area contributed by atoms with E-state index in [1.807, 2.05) is 17.6 Å². The fourth-order valence-electron chi connectivity index (χ4n) is 3.62. The minimum absolute atomic E-state index is 0.329. The number of aromatic nitrogens is 7. The Morgan fingerprint density at radius 2 is 1.93 bits per heavy atom. The fourth-order valence-corrected chi connectivity index (χ4v) is 3.62. The number of rotatable bonds is 4. The highest BCUT2D eigenvalue weighted by atomic mass is 19.1. The molecule has 0 fully saturated rings. The van der Waals surface area contributed by atoms with Crippen LogP contribution in [0.25, 0.3) is 44.5 Å². The predicted molar refractivity (Wildman–Crippen MR) is 110 cm³/mol. The van der Waals surface area contributed by atoms with Crippen molar-refractivity contribution in [3.8, 4) is 28.1 Å². The number of halogens is 1. The Morgan fingerprint density at radius 1 is 1.07 bits per heavy atom. The molecule has 0 atom stereocenters. The van der Waals surface area contributed by atoms with Gasteiger partial charge in [0.1, 0.15) is 11.3 Å². The molecule has 0 saturated heterocycles. The third-order valence-electron chi connectivity index (χ3n) is 5.18. The van der Waals surface area contributed by atoms with Crippen molar-refractivity contribution in [1.82, 2.24) is 34.5 Å². The Morgan fingerprint density at radius 3 is 2.73 bits per heavy atom. The second-order valence-electron chi connectivity index (χ2n) is 6.88. The van der Waals surface area contributed by atoms with Crippen LogP contribution in [-0.4, -0.2) is 41.6 Å². The molecule has 8 nitrogen and oxygen atoms in total. The van der Waals surface area contributed by atoms with Gasteiger partial charge in [-0.15, -0.1) is 5.10 Å². The van der Waals surface area contributed by atoms with Crippen LogP contribution in [0.15, 0.2) is 43.0 Å². The van der Waals surface area contributed by atoms with Crippen LogP contribution in [0.4, 0.5) is 4.39 Å². The quantitative estimate of drug-likeness (QED) is 0.456. The summed E-state index contributed by atoms with van der Waals surface area (Å²) in [6.45, 7) is 2.75. The maximum absolute atomic E-state index is 14.9. The number of imidazole rings is 1. The molecule has 0 radical (unpaired) electrons. The van der Waals surface area contributed by atoms with Crippen LogP contribution < -0.4 is 4.74 Å². The molecule has 0 amide bonds. The molecule has 5 rings (SSSR count). The van der Waals surface area contributed by atoms with Crippen LogP contribution in [0.1, 0.15) is 6.92 Å². The maximum Gasteiger partial charge on any atom is 0.223 e. The number of pyridine rings is 1. The average Bonchev–Trinajstić information content (AvgIpc) is 3.36. The molecule has 0 aliphatic carbocycles. The molecule has 5 aromatic rings. The van der Waals surface area contributed by atoms with Gasteiger partial charge in [0.25, 0.3) is 0 Å². The molecule has 1 aromatic carbocycles. The molecule has 0 aliphatic rings. The van der Waals surface area contributed by atoms with E-state index in [0.717, 1.165) is 28.6 Å². The normalized spacial score (nSPS) is 11.5. The number of methoxy groups -OCH3 is 1. The van der Waals surface area contributed by atoms with Crippen molar-refractivity contribution in [3.63, 3.8) is 0 Å². The highest BCUT2D eigenvalue weighted by molar-refractivity contribution is 5.91. The standard InChI is InChI=1S/C21H18FN7O/c1-4-29-11-23-18-16(10-24-27-20(18)29)12-5-6-17(22)14(7-12)15-8-13-9-25-28(2)19(13)26-21(15)30-3/h5-11H,4H2,1-3H3. The molecule has 0 N–H and O–H groups in total.